The summed E-state index contributed by atoms with van der Waals surface area (Å²) in [5.74, 6) is -11.2. The largest absolute Gasteiger partial charge is 0.481 e. The predicted octanol–water partition coefficient (Wildman–Crippen LogP) is -1.82. The molecule has 1 amide bonds. The van der Waals surface area contributed by atoms with Gasteiger partial charge < -0.3 is 47.9 Å². The smallest absolute Gasteiger partial charge is 0.325 e. The maximum atomic E-state index is 13.9. The molecule has 3 aromatic heterocycles. The highest BCUT2D eigenvalue weighted by molar-refractivity contribution is 6.25. The Bertz CT molecular complexity index is 1840. The molecule has 0 aliphatic carbocycles. The van der Waals surface area contributed by atoms with Crippen molar-refractivity contribution in [3.8, 4) is 0 Å². The maximum Gasteiger partial charge on any atom is 0.325 e. The van der Waals surface area contributed by atoms with Gasteiger partial charge in [0, 0.05) is 31.7 Å². The van der Waals surface area contributed by atoms with Gasteiger partial charge >= 0.3 is 23.9 Å². The first-order valence-electron chi connectivity index (χ1n) is 14.6. The molecule has 0 bridgehead atoms. The second-order valence-corrected chi connectivity index (χ2v) is 11.1. The molecular formula is C29H34N8O12. The standard InChI is InChI=1S/C29H34N8O12/c30-14(4-7-18(38)39)21(42)29(27(48)49,9-15(31)26(46)47)22(43)16(6-8-19(40)41)35-24(44)17-5-2-12(10-33-17)1-3-13-11-34-23-20(13)25(45)37-28(32)36-23/h2,5,10-11,14-16H,1,3-4,6-9,30-31H2,(H,35,44)(H,38,39)(H,40,41)(H,46,47)(H,48,49)(H4,32,34,36,37,45)/t14-,15-,16-,29?/m0/s1. The van der Waals surface area contributed by atoms with Crippen LogP contribution < -0.4 is 28.1 Å². The number of nitrogens with two attached hydrogens (primary N) is 3. The minimum absolute atomic E-state index is 0.0562. The third-order valence-electron chi connectivity index (χ3n) is 7.71. The van der Waals surface area contributed by atoms with Crippen molar-refractivity contribution in [1.82, 2.24) is 25.3 Å². The van der Waals surface area contributed by atoms with E-state index in [0.717, 1.165) is 0 Å². The van der Waals surface area contributed by atoms with E-state index in [1.165, 1.54) is 18.3 Å². The van der Waals surface area contributed by atoms with Crippen molar-refractivity contribution >= 4 is 58.3 Å². The highest BCUT2D eigenvalue weighted by Gasteiger charge is 2.57. The molecule has 3 rings (SSSR count). The summed E-state index contributed by atoms with van der Waals surface area (Å²) in [5.41, 5.74) is 14.4. The number of carbonyl (C=O) groups excluding carboxylic acids is 3. The number of carbonyl (C=O) groups is 7. The van der Waals surface area contributed by atoms with Crippen LogP contribution in [-0.4, -0.2) is 99.8 Å². The van der Waals surface area contributed by atoms with Gasteiger partial charge in [-0.15, -0.1) is 0 Å². The van der Waals surface area contributed by atoms with Gasteiger partial charge in [0.15, 0.2) is 17.0 Å². The summed E-state index contributed by atoms with van der Waals surface area (Å²) < 4.78 is 0. The Labute approximate surface area is 275 Å². The number of amides is 1. The van der Waals surface area contributed by atoms with Crippen LogP contribution in [0.4, 0.5) is 5.95 Å². The number of fused-ring (bicyclic) bond motifs is 1. The van der Waals surface area contributed by atoms with Crippen molar-refractivity contribution in [3.63, 3.8) is 0 Å². The van der Waals surface area contributed by atoms with Gasteiger partial charge in [-0.05, 0) is 42.9 Å². The van der Waals surface area contributed by atoms with Crippen LogP contribution in [0.15, 0.2) is 29.3 Å². The zero-order valence-electron chi connectivity index (χ0n) is 25.7. The van der Waals surface area contributed by atoms with Crippen LogP contribution in [0.5, 0.6) is 0 Å². The number of carboxylic acid groups (broad SMARTS) is 4. The number of aliphatic carboxylic acids is 4. The average Bonchev–Trinajstić information content (AvgIpc) is 3.45. The number of pyridine rings is 1. The van der Waals surface area contributed by atoms with Crippen molar-refractivity contribution in [3.05, 3.63) is 51.7 Å². The number of aromatic nitrogens is 4. The topological polar surface area (TPSA) is 365 Å². The zero-order valence-corrected chi connectivity index (χ0v) is 25.7. The fourth-order valence-corrected chi connectivity index (χ4v) is 5.13. The minimum Gasteiger partial charge on any atom is -0.481 e. The Morgan fingerprint density at radius 1 is 0.898 bits per heavy atom. The van der Waals surface area contributed by atoms with Gasteiger partial charge in [-0.25, -0.2) is 0 Å². The molecule has 0 aliphatic rings. The van der Waals surface area contributed by atoms with Crippen LogP contribution in [0.3, 0.4) is 0 Å². The number of aromatic amines is 2. The van der Waals surface area contributed by atoms with Gasteiger partial charge in [0.25, 0.3) is 11.5 Å². The molecule has 0 aromatic carbocycles. The summed E-state index contributed by atoms with van der Waals surface area (Å²) >= 11 is 0. The summed E-state index contributed by atoms with van der Waals surface area (Å²) in [4.78, 5) is 113. The number of carboxylic acids is 4. The second kappa shape index (κ2) is 15.7. The van der Waals surface area contributed by atoms with E-state index >= 15 is 0 Å². The summed E-state index contributed by atoms with van der Waals surface area (Å²) in [7, 11) is 0. The molecule has 0 fully saturated rings. The van der Waals surface area contributed by atoms with Crippen LogP contribution in [0, 0.1) is 5.41 Å². The van der Waals surface area contributed by atoms with E-state index < -0.39 is 103 Å². The predicted molar refractivity (Wildman–Crippen MR) is 166 cm³/mol. The van der Waals surface area contributed by atoms with Gasteiger partial charge in [-0.2, -0.15) is 4.98 Å². The lowest BCUT2D eigenvalue weighted by Gasteiger charge is -2.33. The number of nitrogen functional groups attached to an aromatic ring is 1. The fourth-order valence-electron chi connectivity index (χ4n) is 5.13. The SMILES string of the molecule is Nc1nc2[nH]cc(CCc3ccc(C(=O)N[C@@H](CCC(=O)O)C(=O)C(C[C@H](N)C(=O)O)(C(=O)O)C(=O)[C@@H](N)CCC(=O)O)nc3)c2c(=O)[nH]1. The van der Waals surface area contributed by atoms with E-state index in [0.29, 0.717) is 35.0 Å². The van der Waals surface area contributed by atoms with E-state index in [4.69, 9.17) is 22.3 Å². The molecule has 0 aliphatic heterocycles. The van der Waals surface area contributed by atoms with Crippen molar-refractivity contribution in [2.24, 2.45) is 16.9 Å². The third kappa shape index (κ3) is 8.87. The first kappa shape index (κ1) is 37.4. The van der Waals surface area contributed by atoms with Crippen LogP contribution in [0.1, 0.15) is 53.7 Å². The Hall–Kier alpha value is -6.02. The van der Waals surface area contributed by atoms with Crippen LogP contribution in [0.2, 0.25) is 0 Å². The molecular weight excluding hydrogens is 652 g/mol. The van der Waals surface area contributed by atoms with E-state index in [-0.39, 0.29) is 11.6 Å². The summed E-state index contributed by atoms with van der Waals surface area (Å²) in [6.07, 6.45) is -0.616. The van der Waals surface area contributed by atoms with Gasteiger partial charge in [-0.1, -0.05) is 6.07 Å². The van der Waals surface area contributed by atoms with E-state index in [1.54, 1.807) is 6.20 Å². The summed E-state index contributed by atoms with van der Waals surface area (Å²) in [5, 5.41) is 40.3. The number of hydrogen-bond acceptors (Lipinski definition) is 13. The van der Waals surface area contributed by atoms with Crippen molar-refractivity contribution in [2.75, 3.05) is 5.73 Å². The molecule has 3 heterocycles. The quantitative estimate of drug-likeness (QED) is 0.0620. The molecule has 49 heavy (non-hydrogen) atoms. The van der Waals surface area contributed by atoms with Gasteiger partial charge in [0.1, 0.15) is 17.4 Å². The molecule has 13 N–H and O–H groups in total. The Kier molecular flexibility index (Phi) is 12.0. The molecule has 0 radical (unpaired) electrons. The maximum absolute atomic E-state index is 13.9. The number of rotatable bonds is 19. The van der Waals surface area contributed by atoms with Gasteiger partial charge in [-0.3, -0.25) is 48.3 Å². The molecule has 0 saturated heterocycles. The molecule has 0 spiro atoms. The minimum atomic E-state index is -3.31. The lowest BCUT2D eigenvalue weighted by Crippen LogP contribution is -2.61. The zero-order chi connectivity index (χ0) is 36.6. The van der Waals surface area contributed by atoms with Gasteiger partial charge in [0.2, 0.25) is 5.95 Å². The number of nitrogens with one attached hydrogen (secondary N) is 3. The lowest BCUT2D eigenvalue weighted by atomic mass is 9.69. The number of nitrogens with zero attached hydrogens (tertiary/aromatic N) is 2. The number of H-pyrrole nitrogens is 2. The number of ketones is 2. The molecule has 20 nitrogen and oxygen atoms in total. The van der Waals surface area contributed by atoms with Crippen molar-refractivity contribution in [2.45, 2.75) is 63.1 Å². The number of anilines is 1. The van der Waals surface area contributed by atoms with E-state index in [2.05, 4.69) is 25.3 Å². The van der Waals surface area contributed by atoms with Crippen LogP contribution >= 0.6 is 0 Å². The fraction of sp³-hybridized carbons (Fsp3) is 0.379. The Morgan fingerprint density at radius 2 is 1.55 bits per heavy atom. The summed E-state index contributed by atoms with van der Waals surface area (Å²) in [6, 6.07) is -3.24. The highest BCUT2D eigenvalue weighted by atomic mass is 16.4. The third-order valence-corrected chi connectivity index (χ3v) is 7.71. The first-order valence-corrected chi connectivity index (χ1v) is 14.6. The van der Waals surface area contributed by atoms with Crippen molar-refractivity contribution in [1.29, 1.82) is 0 Å². The average molecular weight is 687 g/mol. The van der Waals surface area contributed by atoms with Gasteiger partial charge in [0.05, 0.1) is 17.5 Å². The summed E-state index contributed by atoms with van der Waals surface area (Å²) in [6.45, 7) is 0. The number of hydrogen-bond donors (Lipinski definition) is 10. The Morgan fingerprint density at radius 3 is 2.12 bits per heavy atom. The van der Waals surface area contributed by atoms with Crippen LogP contribution in [-0.2, 0) is 41.6 Å². The van der Waals surface area contributed by atoms with Crippen molar-refractivity contribution < 1.29 is 54.0 Å². The van der Waals surface area contributed by atoms with E-state index in [1.807, 2.05) is 0 Å². The first-order chi connectivity index (χ1) is 23.0. The van der Waals surface area contributed by atoms with Crippen LogP contribution in [0.25, 0.3) is 11.0 Å². The monoisotopic (exact) mass is 686 g/mol. The normalized spacial score (nSPS) is 14.2. The number of aryl methyl sites for hydroxylation is 2. The Balaban J connectivity index is 1.89. The molecule has 1 unspecified atom stereocenters. The van der Waals surface area contributed by atoms with E-state index in [9.17, 15) is 53.7 Å². The lowest BCUT2D eigenvalue weighted by molar-refractivity contribution is -0.162. The molecule has 262 valence electrons. The highest BCUT2D eigenvalue weighted by Crippen LogP contribution is 2.32. The number of Topliss-reactive ketones (excluding diaryl/α,β-unsaturated/α-hetero) is 2. The molecule has 4 atom stereocenters. The second-order valence-electron chi connectivity index (χ2n) is 11.1. The molecule has 0 saturated carbocycles. The molecule has 20 heteroatoms. The molecule has 3 aromatic rings.